The number of carbonyl (C=O) groups is 1. The van der Waals surface area contributed by atoms with Crippen LogP contribution in [0.2, 0.25) is 0 Å². The summed E-state index contributed by atoms with van der Waals surface area (Å²) in [5.41, 5.74) is 8.18. The van der Waals surface area contributed by atoms with Crippen LogP contribution < -0.4 is 5.73 Å². The molecular formula is C16H11BrN2O. The molecule has 0 aliphatic rings. The minimum atomic E-state index is -0.0812. The van der Waals surface area contributed by atoms with Crippen molar-refractivity contribution in [2.45, 2.75) is 0 Å². The Morgan fingerprint density at radius 3 is 2.70 bits per heavy atom. The van der Waals surface area contributed by atoms with Crippen molar-refractivity contribution >= 4 is 38.3 Å². The molecule has 0 amide bonds. The number of nitrogens with two attached hydrogens (primary N) is 1. The molecule has 0 saturated carbocycles. The number of fused-ring (bicyclic) bond motifs is 1. The maximum atomic E-state index is 12.6. The van der Waals surface area contributed by atoms with E-state index in [4.69, 9.17) is 5.73 Å². The molecule has 3 aromatic rings. The highest BCUT2D eigenvalue weighted by Gasteiger charge is 2.14. The highest BCUT2D eigenvalue weighted by molar-refractivity contribution is 9.10. The smallest absolute Gasteiger partial charge is 0.195 e. The predicted octanol–water partition coefficient (Wildman–Crippen LogP) is 3.81. The molecule has 0 fully saturated rings. The van der Waals surface area contributed by atoms with Crippen LogP contribution in [0.4, 0.5) is 5.69 Å². The number of benzene rings is 2. The zero-order chi connectivity index (χ0) is 14.1. The average molecular weight is 327 g/mol. The summed E-state index contributed by atoms with van der Waals surface area (Å²) in [7, 11) is 0. The van der Waals surface area contributed by atoms with Gasteiger partial charge in [-0.2, -0.15) is 0 Å². The fourth-order valence-corrected chi connectivity index (χ4v) is 2.70. The van der Waals surface area contributed by atoms with Gasteiger partial charge in [0.05, 0.1) is 5.52 Å². The molecule has 0 unspecified atom stereocenters. The Bertz CT molecular complexity index is 789. The first-order valence-electron chi connectivity index (χ1n) is 6.09. The number of hydrogen-bond acceptors (Lipinski definition) is 3. The Kier molecular flexibility index (Phi) is 3.24. The number of nitrogens with zero attached hydrogens (tertiary/aromatic N) is 1. The van der Waals surface area contributed by atoms with Gasteiger partial charge in [0.1, 0.15) is 0 Å². The molecule has 0 radical (unpaired) electrons. The lowest BCUT2D eigenvalue weighted by molar-refractivity contribution is 0.104. The number of rotatable bonds is 2. The summed E-state index contributed by atoms with van der Waals surface area (Å²) in [6.45, 7) is 0. The third-order valence-electron chi connectivity index (χ3n) is 3.06. The Balaban J connectivity index is 2.17. The molecule has 0 saturated heterocycles. The number of anilines is 1. The molecule has 2 aromatic carbocycles. The van der Waals surface area contributed by atoms with Crippen molar-refractivity contribution in [2.75, 3.05) is 5.73 Å². The van der Waals surface area contributed by atoms with E-state index in [1.807, 2.05) is 24.3 Å². The van der Waals surface area contributed by atoms with E-state index >= 15 is 0 Å². The summed E-state index contributed by atoms with van der Waals surface area (Å²) in [4.78, 5) is 17.0. The summed E-state index contributed by atoms with van der Waals surface area (Å²) in [6.07, 6.45) is 1.69. The molecule has 20 heavy (non-hydrogen) atoms. The number of nitrogen functional groups attached to an aromatic ring is 1. The van der Waals surface area contributed by atoms with E-state index in [1.54, 1.807) is 30.5 Å². The summed E-state index contributed by atoms with van der Waals surface area (Å²) in [5, 5.41) is 0.946. The number of halogens is 1. The lowest BCUT2D eigenvalue weighted by atomic mass is 10.00. The van der Waals surface area contributed by atoms with Crippen LogP contribution >= 0.6 is 15.9 Å². The van der Waals surface area contributed by atoms with E-state index < -0.39 is 0 Å². The Hall–Kier alpha value is -2.20. The van der Waals surface area contributed by atoms with Crippen LogP contribution in [0.1, 0.15) is 15.9 Å². The number of para-hydroxylation sites is 1. The molecule has 4 heteroatoms. The van der Waals surface area contributed by atoms with E-state index in [0.717, 1.165) is 9.86 Å². The van der Waals surface area contributed by atoms with E-state index in [1.165, 1.54) is 0 Å². The zero-order valence-corrected chi connectivity index (χ0v) is 12.1. The zero-order valence-electron chi connectivity index (χ0n) is 10.5. The Labute approximate surface area is 124 Å². The lowest BCUT2D eigenvalue weighted by Gasteiger charge is -2.06. The predicted molar refractivity (Wildman–Crippen MR) is 83.7 cm³/mol. The second-order valence-corrected chi connectivity index (χ2v) is 5.40. The van der Waals surface area contributed by atoms with Gasteiger partial charge in [0.25, 0.3) is 0 Å². The SMILES string of the molecule is Nc1cc(Br)cc(C(=O)c2cccc3cccnc23)c1. The van der Waals surface area contributed by atoms with Crippen molar-refractivity contribution in [1.29, 1.82) is 0 Å². The van der Waals surface area contributed by atoms with Gasteiger partial charge in [0.15, 0.2) is 5.78 Å². The maximum absolute atomic E-state index is 12.6. The molecular weight excluding hydrogens is 316 g/mol. The van der Waals surface area contributed by atoms with Crippen molar-refractivity contribution in [1.82, 2.24) is 4.98 Å². The highest BCUT2D eigenvalue weighted by atomic mass is 79.9. The average Bonchev–Trinajstić information content (AvgIpc) is 2.45. The van der Waals surface area contributed by atoms with E-state index in [9.17, 15) is 4.79 Å². The minimum absolute atomic E-state index is 0.0812. The van der Waals surface area contributed by atoms with Gasteiger partial charge in [-0.05, 0) is 30.3 Å². The number of aromatic nitrogens is 1. The highest BCUT2D eigenvalue weighted by Crippen LogP contribution is 2.23. The van der Waals surface area contributed by atoms with Crippen LogP contribution in [-0.2, 0) is 0 Å². The second kappa shape index (κ2) is 5.06. The van der Waals surface area contributed by atoms with Crippen LogP contribution in [0.25, 0.3) is 10.9 Å². The van der Waals surface area contributed by atoms with Gasteiger partial charge < -0.3 is 5.73 Å². The third-order valence-corrected chi connectivity index (χ3v) is 3.52. The van der Waals surface area contributed by atoms with E-state index in [-0.39, 0.29) is 5.78 Å². The van der Waals surface area contributed by atoms with Crippen molar-refractivity contribution in [2.24, 2.45) is 0 Å². The van der Waals surface area contributed by atoms with E-state index in [0.29, 0.717) is 22.3 Å². The van der Waals surface area contributed by atoms with Crippen LogP contribution in [0.5, 0.6) is 0 Å². The molecule has 0 atom stereocenters. The first kappa shape index (κ1) is 12.8. The fraction of sp³-hybridized carbons (Fsp3) is 0. The molecule has 3 nitrogen and oxygen atoms in total. The molecule has 2 N–H and O–H groups in total. The van der Waals surface area contributed by atoms with Crippen molar-refractivity contribution in [3.05, 3.63) is 70.3 Å². The molecule has 0 bridgehead atoms. The summed E-state index contributed by atoms with van der Waals surface area (Å²) < 4.78 is 0.786. The van der Waals surface area contributed by atoms with E-state index in [2.05, 4.69) is 20.9 Å². The van der Waals surface area contributed by atoms with Gasteiger partial charge in [-0.15, -0.1) is 0 Å². The topological polar surface area (TPSA) is 56.0 Å². The van der Waals surface area contributed by atoms with Gasteiger partial charge >= 0.3 is 0 Å². The Morgan fingerprint density at radius 1 is 1.10 bits per heavy atom. The van der Waals surface area contributed by atoms with Gasteiger partial charge in [0, 0.05) is 32.9 Å². The van der Waals surface area contributed by atoms with Crippen LogP contribution in [-0.4, -0.2) is 10.8 Å². The first-order valence-corrected chi connectivity index (χ1v) is 6.89. The molecule has 1 heterocycles. The number of ketones is 1. The van der Waals surface area contributed by atoms with Gasteiger partial charge in [-0.1, -0.05) is 34.1 Å². The molecule has 98 valence electrons. The summed E-state index contributed by atoms with van der Waals surface area (Å²) in [5.74, 6) is -0.0812. The van der Waals surface area contributed by atoms with Gasteiger partial charge in [0.2, 0.25) is 0 Å². The van der Waals surface area contributed by atoms with Crippen LogP contribution in [0.3, 0.4) is 0 Å². The van der Waals surface area contributed by atoms with Crippen molar-refractivity contribution in [3.63, 3.8) is 0 Å². The normalized spacial score (nSPS) is 10.7. The maximum Gasteiger partial charge on any atom is 0.195 e. The fourth-order valence-electron chi connectivity index (χ4n) is 2.19. The summed E-state index contributed by atoms with van der Waals surface area (Å²) in [6, 6.07) is 14.6. The second-order valence-electron chi connectivity index (χ2n) is 4.48. The largest absolute Gasteiger partial charge is 0.399 e. The number of carbonyl (C=O) groups excluding carboxylic acids is 1. The molecule has 0 aliphatic carbocycles. The monoisotopic (exact) mass is 326 g/mol. The third kappa shape index (κ3) is 2.30. The standard InChI is InChI=1S/C16H11BrN2O/c17-12-7-11(8-13(18)9-12)16(20)14-5-1-3-10-4-2-6-19-15(10)14/h1-9H,18H2. The van der Waals surface area contributed by atoms with Crippen molar-refractivity contribution in [3.8, 4) is 0 Å². The summed E-state index contributed by atoms with van der Waals surface area (Å²) >= 11 is 3.36. The van der Waals surface area contributed by atoms with Gasteiger partial charge in [-0.25, -0.2) is 0 Å². The minimum Gasteiger partial charge on any atom is -0.399 e. The lowest BCUT2D eigenvalue weighted by Crippen LogP contribution is -2.04. The van der Waals surface area contributed by atoms with Gasteiger partial charge in [-0.3, -0.25) is 9.78 Å². The molecule has 3 rings (SSSR count). The molecule has 0 spiro atoms. The number of pyridine rings is 1. The quantitative estimate of drug-likeness (QED) is 0.575. The Morgan fingerprint density at radius 2 is 1.90 bits per heavy atom. The van der Waals surface area contributed by atoms with Crippen molar-refractivity contribution < 1.29 is 4.79 Å². The van der Waals surface area contributed by atoms with Crippen LogP contribution in [0.15, 0.2) is 59.2 Å². The van der Waals surface area contributed by atoms with Crippen LogP contribution in [0, 0.1) is 0 Å². The molecule has 0 aliphatic heterocycles. The molecule has 1 aromatic heterocycles. The number of hydrogen-bond donors (Lipinski definition) is 1. The first-order chi connectivity index (χ1) is 9.65.